The Morgan fingerprint density at radius 1 is 0.844 bits per heavy atom. The summed E-state index contributed by atoms with van der Waals surface area (Å²) in [6.45, 7) is 3.61. The molecule has 1 atom stereocenters. The monoisotopic (exact) mass is 481 g/mol. The van der Waals surface area contributed by atoms with Gasteiger partial charge in [-0.2, -0.15) is 0 Å². The van der Waals surface area contributed by atoms with E-state index in [1.165, 1.54) is 22.7 Å². The Hall–Kier alpha value is -2.85. The van der Waals surface area contributed by atoms with Gasteiger partial charge in [-0.1, -0.05) is 52.5 Å². The van der Waals surface area contributed by atoms with Crippen molar-refractivity contribution in [2.75, 3.05) is 0 Å². The van der Waals surface area contributed by atoms with E-state index in [9.17, 15) is 0 Å². The van der Waals surface area contributed by atoms with Crippen LogP contribution in [0.15, 0.2) is 71.9 Å². The second-order valence-corrected chi connectivity index (χ2v) is 9.31. The number of benzene rings is 1. The van der Waals surface area contributed by atoms with Gasteiger partial charge in [-0.25, -0.2) is 0 Å². The number of hydrogen-bond acceptors (Lipinski definition) is 7. The summed E-state index contributed by atoms with van der Waals surface area (Å²) in [6, 6.07) is 16.4. The van der Waals surface area contributed by atoms with Crippen LogP contribution in [-0.2, 0) is 13.1 Å². The highest BCUT2D eigenvalue weighted by Gasteiger charge is 2.22. The van der Waals surface area contributed by atoms with Gasteiger partial charge in [-0.05, 0) is 42.8 Å². The lowest BCUT2D eigenvalue weighted by Gasteiger charge is -2.30. The minimum atomic E-state index is 0.0826. The number of hydrogen-bond donors (Lipinski definition) is 0. The van der Waals surface area contributed by atoms with E-state index in [0.29, 0.717) is 13.1 Å². The van der Waals surface area contributed by atoms with Crippen LogP contribution in [0.1, 0.15) is 29.9 Å². The first kappa shape index (κ1) is 21.0. The molecule has 0 aliphatic rings. The quantitative estimate of drug-likeness (QED) is 0.297. The Morgan fingerprint density at radius 3 is 1.91 bits per heavy atom. The first-order chi connectivity index (χ1) is 15.7. The van der Waals surface area contributed by atoms with Gasteiger partial charge >= 0.3 is 0 Å². The molecule has 0 bridgehead atoms. The van der Waals surface area contributed by atoms with Gasteiger partial charge in [0.2, 0.25) is 10.3 Å². The van der Waals surface area contributed by atoms with E-state index in [-0.39, 0.29) is 6.04 Å². The SMILES string of the molecule is C[C@H](c1ccccc1Cl)N(Cc1cccn1-c1nncs1)Cc1cccn1-c1nncs1. The average Bonchev–Trinajstić information content (AvgIpc) is 3.60. The van der Waals surface area contributed by atoms with Crippen molar-refractivity contribution >= 4 is 34.3 Å². The molecular formula is C22H20ClN7S2. The average molecular weight is 482 g/mol. The Bertz CT molecular complexity index is 1200. The zero-order valence-corrected chi connectivity index (χ0v) is 19.6. The fourth-order valence-electron chi connectivity index (χ4n) is 3.76. The Labute approximate surface area is 198 Å². The van der Waals surface area contributed by atoms with Gasteiger partial charge in [0.05, 0.1) is 0 Å². The zero-order valence-electron chi connectivity index (χ0n) is 17.2. The van der Waals surface area contributed by atoms with Crippen molar-refractivity contribution < 1.29 is 0 Å². The topological polar surface area (TPSA) is 64.7 Å². The molecule has 0 aliphatic heterocycles. The molecule has 4 aromatic heterocycles. The van der Waals surface area contributed by atoms with Crippen molar-refractivity contribution in [2.45, 2.75) is 26.1 Å². The van der Waals surface area contributed by atoms with Gasteiger partial charge < -0.3 is 0 Å². The maximum absolute atomic E-state index is 6.58. The van der Waals surface area contributed by atoms with Gasteiger partial charge in [-0.3, -0.25) is 14.0 Å². The molecule has 0 saturated carbocycles. The predicted octanol–water partition coefficient (Wildman–Crippen LogP) is 5.39. The van der Waals surface area contributed by atoms with Crippen LogP contribution in [-0.4, -0.2) is 34.4 Å². The summed E-state index contributed by atoms with van der Waals surface area (Å²) in [4.78, 5) is 2.40. The first-order valence-electron chi connectivity index (χ1n) is 10.0. The van der Waals surface area contributed by atoms with Crippen LogP contribution in [0.2, 0.25) is 5.02 Å². The van der Waals surface area contributed by atoms with E-state index in [4.69, 9.17) is 11.6 Å². The van der Waals surface area contributed by atoms with Crippen LogP contribution in [0.5, 0.6) is 0 Å². The molecule has 0 unspecified atom stereocenters. The van der Waals surface area contributed by atoms with Gasteiger partial charge in [0.15, 0.2) is 0 Å². The Kier molecular flexibility index (Phi) is 6.13. The number of aromatic nitrogens is 6. The summed E-state index contributed by atoms with van der Waals surface area (Å²) in [5.74, 6) is 0. The van der Waals surface area contributed by atoms with E-state index < -0.39 is 0 Å². The van der Waals surface area contributed by atoms with Gasteiger partial charge in [0, 0.05) is 47.9 Å². The van der Waals surface area contributed by atoms with E-state index in [1.807, 2.05) is 42.7 Å². The highest BCUT2D eigenvalue weighted by Crippen LogP contribution is 2.31. The van der Waals surface area contributed by atoms with Crippen LogP contribution < -0.4 is 0 Å². The lowest BCUT2D eigenvalue weighted by Crippen LogP contribution is -2.28. The summed E-state index contributed by atoms with van der Waals surface area (Å²) in [7, 11) is 0. The Balaban J connectivity index is 1.50. The summed E-state index contributed by atoms with van der Waals surface area (Å²) in [5, 5.41) is 18.9. The lowest BCUT2D eigenvalue weighted by molar-refractivity contribution is 0.185. The summed E-state index contributed by atoms with van der Waals surface area (Å²) in [5.41, 5.74) is 6.86. The van der Waals surface area contributed by atoms with Crippen LogP contribution >= 0.6 is 34.3 Å². The highest BCUT2D eigenvalue weighted by atomic mass is 35.5. The van der Waals surface area contributed by atoms with Crippen molar-refractivity contribution in [1.29, 1.82) is 0 Å². The molecule has 0 fully saturated rings. The molecule has 162 valence electrons. The van der Waals surface area contributed by atoms with Crippen LogP contribution in [0, 0.1) is 0 Å². The maximum Gasteiger partial charge on any atom is 0.216 e. The molecular weight excluding hydrogens is 462 g/mol. The number of halogens is 1. The van der Waals surface area contributed by atoms with E-state index in [0.717, 1.165) is 32.2 Å². The molecule has 0 N–H and O–H groups in total. The molecule has 0 spiro atoms. The maximum atomic E-state index is 6.58. The van der Waals surface area contributed by atoms with E-state index in [2.05, 4.69) is 59.6 Å². The molecule has 0 radical (unpaired) electrons. The first-order valence-corrected chi connectivity index (χ1v) is 12.2. The van der Waals surface area contributed by atoms with Crippen molar-refractivity contribution in [3.8, 4) is 10.3 Å². The third-order valence-corrected chi connectivity index (χ3v) is 7.13. The molecule has 0 saturated heterocycles. The second kappa shape index (κ2) is 9.33. The fraction of sp³-hybridized carbons (Fsp3) is 0.182. The molecule has 5 aromatic rings. The lowest BCUT2D eigenvalue weighted by atomic mass is 10.1. The normalized spacial score (nSPS) is 12.5. The largest absolute Gasteiger partial charge is 0.294 e. The van der Waals surface area contributed by atoms with E-state index >= 15 is 0 Å². The second-order valence-electron chi connectivity index (χ2n) is 7.28. The smallest absolute Gasteiger partial charge is 0.216 e. The van der Waals surface area contributed by atoms with Gasteiger partial charge in [0.1, 0.15) is 11.0 Å². The Morgan fingerprint density at radius 2 is 1.41 bits per heavy atom. The third-order valence-electron chi connectivity index (χ3n) is 5.41. The minimum absolute atomic E-state index is 0.0826. The van der Waals surface area contributed by atoms with Gasteiger partial charge in [0.25, 0.3) is 0 Å². The minimum Gasteiger partial charge on any atom is -0.294 e. The van der Waals surface area contributed by atoms with Crippen LogP contribution in [0.3, 0.4) is 0 Å². The number of rotatable bonds is 8. The predicted molar refractivity (Wildman–Crippen MR) is 128 cm³/mol. The molecule has 5 rings (SSSR count). The summed E-state index contributed by atoms with van der Waals surface area (Å²) in [6.07, 6.45) is 4.05. The van der Waals surface area contributed by atoms with Crippen LogP contribution in [0.25, 0.3) is 10.3 Å². The van der Waals surface area contributed by atoms with Gasteiger partial charge in [-0.15, -0.1) is 20.4 Å². The zero-order chi connectivity index (χ0) is 21.9. The molecule has 10 heteroatoms. The third kappa shape index (κ3) is 4.24. The van der Waals surface area contributed by atoms with Crippen molar-refractivity contribution in [3.05, 3.63) is 93.9 Å². The standard InChI is InChI=1S/C22H20ClN7S2/c1-16(19-8-2-3-9-20(19)23)28(12-17-6-4-10-29(17)21-26-24-14-31-21)13-18-7-5-11-30(18)22-27-25-15-32-22/h2-11,14-16H,12-13H2,1H3/t16-/m1/s1. The molecule has 4 heterocycles. The summed E-state index contributed by atoms with van der Waals surface area (Å²) < 4.78 is 4.18. The molecule has 7 nitrogen and oxygen atoms in total. The summed E-state index contributed by atoms with van der Waals surface area (Å²) >= 11 is 9.62. The molecule has 1 aromatic carbocycles. The van der Waals surface area contributed by atoms with E-state index in [1.54, 1.807) is 11.0 Å². The molecule has 0 aliphatic carbocycles. The van der Waals surface area contributed by atoms with Crippen molar-refractivity contribution in [1.82, 2.24) is 34.4 Å². The fourth-order valence-corrected chi connectivity index (χ4v) is 5.21. The molecule has 32 heavy (non-hydrogen) atoms. The van der Waals surface area contributed by atoms with Crippen molar-refractivity contribution in [2.24, 2.45) is 0 Å². The van der Waals surface area contributed by atoms with Crippen molar-refractivity contribution in [3.63, 3.8) is 0 Å². The van der Waals surface area contributed by atoms with Crippen LogP contribution in [0.4, 0.5) is 0 Å². The molecule has 0 amide bonds. The number of nitrogens with zero attached hydrogens (tertiary/aromatic N) is 7. The highest BCUT2D eigenvalue weighted by molar-refractivity contribution is 7.12.